The Labute approximate surface area is 119 Å². The molecule has 0 spiro atoms. The fourth-order valence-corrected chi connectivity index (χ4v) is 2.44. The van der Waals surface area contributed by atoms with Gasteiger partial charge >= 0.3 is 0 Å². The van der Waals surface area contributed by atoms with Crippen molar-refractivity contribution in [3.05, 3.63) is 28.5 Å². The van der Waals surface area contributed by atoms with Crippen molar-refractivity contribution < 1.29 is 24.0 Å². The average Bonchev–Trinajstić information content (AvgIpc) is 2.90. The van der Waals surface area contributed by atoms with E-state index >= 15 is 0 Å². The van der Waals surface area contributed by atoms with Crippen LogP contribution < -0.4 is 5.32 Å². The first-order valence-corrected chi connectivity index (χ1v) is 6.84. The fraction of sp³-hybridized carbons (Fsp3) is 0.417. The normalized spacial score (nSPS) is 17.6. The number of nitrogens with one attached hydrogen (secondary N) is 1. The average molecular weight is 298 g/mol. The lowest BCUT2D eigenvalue weighted by Gasteiger charge is -2.22. The smallest absolute Gasteiger partial charge is 0.225 e. The highest BCUT2D eigenvalue weighted by Gasteiger charge is 2.29. The monoisotopic (exact) mass is 298 g/mol. The zero-order valence-corrected chi connectivity index (χ0v) is 11.8. The second-order valence-corrected chi connectivity index (χ2v) is 5.37. The maximum absolute atomic E-state index is 12.0. The van der Waals surface area contributed by atoms with E-state index in [1.54, 1.807) is 0 Å². The summed E-state index contributed by atoms with van der Waals surface area (Å²) in [6.07, 6.45) is 2.49. The quantitative estimate of drug-likeness (QED) is 0.580. The van der Waals surface area contributed by atoms with Crippen molar-refractivity contribution in [1.82, 2.24) is 10.5 Å². The second-order valence-electron chi connectivity index (χ2n) is 4.23. The highest BCUT2D eigenvalue weighted by molar-refractivity contribution is 8.04. The predicted octanol–water partition coefficient (Wildman–Crippen LogP) is 0.573. The number of rotatable bonds is 6. The number of carbonyl (C=O) groups excluding carboxylic acids is 2. The van der Waals surface area contributed by atoms with E-state index in [4.69, 9.17) is 9.26 Å². The SMILES string of the molecule is COC(C)(O)NCCSC1=CC(=O)c2oncc2C1=O. The van der Waals surface area contributed by atoms with Gasteiger partial charge in [-0.2, -0.15) is 0 Å². The van der Waals surface area contributed by atoms with Gasteiger partial charge in [0, 0.05) is 32.4 Å². The fourth-order valence-electron chi connectivity index (χ4n) is 1.59. The molecule has 8 heteroatoms. The van der Waals surface area contributed by atoms with Crippen LogP contribution in [0.4, 0.5) is 0 Å². The topological polar surface area (TPSA) is 102 Å². The first-order chi connectivity index (χ1) is 9.44. The Bertz CT molecular complexity index is 564. The second kappa shape index (κ2) is 5.88. The van der Waals surface area contributed by atoms with Gasteiger partial charge in [-0.3, -0.25) is 14.9 Å². The molecular weight excluding hydrogens is 284 g/mol. The number of hydrogen-bond acceptors (Lipinski definition) is 8. The van der Waals surface area contributed by atoms with Gasteiger partial charge in [-0.25, -0.2) is 0 Å². The molecule has 1 heterocycles. The van der Waals surface area contributed by atoms with Gasteiger partial charge in [0.15, 0.2) is 0 Å². The molecule has 1 atom stereocenters. The van der Waals surface area contributed by atoms with Crippen LogP contribution in [-0.4, -0.2) is 47.1 Å². The summed E-state index contributed by atoms with van der Waals surface area (Å²) in [5.74, 6) is -1.57. The van der Waals surface area contributed by atoms with Crippen LogP contribution in [0.5, 0.6) is 0 Å². The molecule has 1 aromatic rings. The molecule has 2 N–H and O–H groups in total. The summed E-state index contributed by atoms with van der Waals surface area (Å²) >= 11 is 1.22. The number of ketones is 2. The number of methoxy groups -OCH3 is 1. The Balaban J connectivity index is 1.91. The molecular formula is C12H14N2O5S. The van der Waals surface area contributed by atoms with E-state index < -0.39 is 5.91 Å². The summed E-state index contributed by atoms with van der Waals surface area (Å²) in [7, 11) is 1.37. The standard InChI is InChI=1S/C12H14N2O5S/c1-12(17,18-2)13-3-4-20-9-5-8(15)11-7(10(9)16)6-14-19-11/h5-6,13,17H,3-4H2,1-2H3. The number of nitrogens with zero attached hydrogens (tertiary/aromatic N) is 1. The van der Waals surface area contributed by atoms with Gasteiger partial charge in [0.2, 0.25) is 23.2 Å². The molecule has 108 valence electrons. The van der Waals surface area contributed by atoms with Gasteiger partial charge in [-0.15, -0.1) is 11.8 Å². The van der Waals surface area contributed by atoms with Crippen molar-refractivity contribution in [3.8, 4) is 0 Å². The molecule has 0 aromatic carbocycles. The van der Waals surface area contributed by atoms with Crippen molar-refractivity contribution in [2.45, 2.75) is 12.8 Å². The van der Waals surface area contributed by atoms with Gasteiger partial charge in [0.1, 0.15) is 0 Å². The summed E-state index contributed by atoms with van der Waals surface area (Å²) in [5, 5.41) is 15.8. The molecule has 0 bridgehead atoms. The van der Waals surface area contributed by atoms with E-state index in [1.807, 2.05) is 0 Å². The predicted molar refractivity (Wildman–Crippen MR) is 71.3 cm³/mol. The summed E-state index contributed by atoms with van der Waals surface area (Å²) in [4.78, 5) is 24.1. The zero-order chi connectivity index (χ0) is 14.8. The van der Waals surface area contributed by atoms with E-state index in [9.17, 15) is 14.7 Å². The Morgan fingerprint density at radius 1 is 1.55 bits per heavy atom. The number of aromatic nitrogens is 1. The van der Waals surface area contributed by atoms with Crippen LogP contribution in [0.25, 0.3) is 0 Å². The maximum atomic E-state index is 12.0. The number of allylic oxidation sites excluding steroid dienone is 2. The van der Waals surface area contributed by atoms with Crippen LogP contribution in [0.1, 0.15) is 27.8 Å². The van der Waals surface area contributed by atoms with Gasteiger partial charge < -0.3 is 14.4 Å². The lowest BCUT2D eigenvalue weighted by Crippen LogP contribution is -2.44. The Hall–Kier alpha value is -1.48. The number of ether oxygens (including phenoxy) is 1. The van der Waals surface area contributed by atoms with Gasteiger partial charge in [0.05, 0.1) is 16.7 Å². The first kappa shape index (κ1) is 14.9. The van der Waals surface area contributed by atoms with Crippen molar-refractivity contribution in [3.63, 3.8) is 0 Å². The van der Waals surface area contributed by atoms with Crippen LogP contribution in [0.3, 0.4) is 0 Å². The van der Waals surface area contributed by atoms with E-state index in [-0.39, 0.29) is 22.9 Å². The number of fused-ring (bicyclic) bond motifs is 1. The lowest BCUT2D eigenvalue weighted by molar-refractivity contribution is -0.192. The van der Waals surface area contributed by atoms with Crippen molar-refractivity contribution in [2.75, 3.05) is 19.4 Å². The zero-order valence-electron chi connectivity index (χ0n) is 11.0. The Kier molecular flexibility index (Phi) is 4.39. The van der Waals surface area contributed by atoms with Crippen molar-refractivity contribution >= 4 is 23.3 Å². The molecule has 0 saturated carbocycles. The molecule has 0 amide bonds. The van der Waals surface area contributed by atoms with Crippen molar-refractivity contribution in [2.24, 2.45) is 0 Å². The van der Waals surface area contributed by atoms with E-state index in [0.29, 0.717) is 17.2 Å². The summed E-state index contributed by atoms with van der Waals surface area (Å²) < 4.78 is 9.52. The van der Waals surface area contributed by atoms with E-state index in [2.05, 4.69) is 10.5 Å². The maximum Gasteiger partial charge on any atom is 0.225 e. The molecule has 2 rings (SSSR count). The third-order valence-electron chi connectivity index (χ3n) is 2.73. The summed E-state index contributed by atoms with van der Waals surface area (Å²) in [6.45, 7) is 1.87. The Morgan fingerprint density at radius 3 is 3.00 bits per heavy atom. The molecule has 1 aliphatic carbocycles. The summed E-state index contributed by atoms with van der Waals surface area (Å²) in [5.41, 5.74) is 0.192. The molecule has 0 radical (unpaired) electrons. The van der Waals surface area contributed by atoms with Crippen LogP contribution in [0, 0.1) is 0 Å². The van der Waals surface area contributed by atoms with Crippen LogP contribution >= 0.6 is 11.8 Å². The first-order valence-electron chi connectivity index (χ1n) is 5.85. The molecule has 1 aliphatic rings. The van der Waals surface area contributed by atoms with Crippen molar-refractivity contribution in [1.29, 1.82) is 0 Å². The molecule has 1 unspecified atom stereocenters. The van der Waals surface area contributed by atoms with Crippen LogP contribution in [-0.2, 0) is 4.74 Å². The number of Topliss-reactive ketones (excluding diaryl/α,β-unsaturated/α-hetero) is 1. The molecule has 7 nitrogen and oxygen atoms in total. The molecule has 0 saturated heterocycles. The number of carbonyl (C=O) groups is 2. The van der Waals surface area contributed by atoms with Crippen LogP contribution in [0.15, 0.2) is 21.7 Å². The highest BCUT2D eigenvalue weighted by Crippen LogP contribution is 2.27. The van der Waals surface area contributed by atoms with Gasteiger partial charge in [-0.1, -0.05) is 5.16 Å². The number of thioether (sulfide) groups is 1. The molecule has 0 fully saturated rings. The van der Waals surface area contributed by atoms with E-state index in [0.717, 1.165) is 0 Å². The minimum Gasteiger partial charge on any atom is -0.354 e. The summed E-state index contributed by atoms with van der Waals surface area (Å²) in [6, 6.07) is 0. The highest BCUT2D eigenvalue weighted by atomic mass is 32.2. The van der Waals surface area contributed by atoms with E-state index in [1.165, 1.54) is 38.1 Å². The minimum atomic E-state index is -1.41. The van der Waals surface area contributed by atoms with Gasteiger partial charge in [0.25, 0.3) is 0 Å². The largest absolute Gasteiger partial charge is 0.354 e. The van der Waals surface area contributed by atoms with Crippen LogP contribution in [0.2, 0.25) is 0 Å². The lowest BCUT2D eigenvalue weighted by atomic mass is 10.0. The molecule has 0 aliphatic heterocycles. The third-order valence-corrected chi connectivity index (χ3v) is 3.76. The number of aliphatic hydroxyl groups is 1. The molecule has 20 heavy (non-hydrogen) atoms. The molecule has 1 aromatic heterocycles. The van der Waals surface area contributed by atoms with Gasteiger partial charge in [-0.05, 0) is 0 Å². The minimum absolute atomic E-state index is 0.0141. The number of hydrogen-bond donors (Lipinski definition) is 2. The Morgan fingerprint density at radius 2 is 2.30 bits per heavy atom. The third kappa shape index (κ3) is 3.15.